The van der Waals surface area contributed by atoms with Crippen molar-refractivity contribution in [2.24, 2.45) is 5.92 Å². The Balaban J connectivity index is 1.45. The summed E-state index contributed by atoms with van der Waals surface area (Å²) in [6, 6.07) is 7.47. The van der Waals surface area contributed by atoms with E-state index >= 15 is 0 Å². The SMILES string of the molecule is CCc1c(C)nc2n(c1=O)CC(C(=O)Nc1ccc(S(=O)(=O)Nc3nccc(C)n3)cc1)CS2. The van der Waals surface area contributed by atoms with E-state index < -0.39 is 15.9 Å². The summed E-state index contributed by atoms with van der Waals surface area (Å²) < 4.78 is 29.1. The van der Waals surface area contributed by atoms with Gasteiger partial charge in [-0.1, -0.05) is 18.7 Å². The zero-order valence-corrected chi connectivity index (χ0v) is 20.5. The van der Waals surface area contributed by atoms with Gasteiger partial charge in [0.1, 0.15) is 0 Å². The van der Waals surface area contributed by atoms with Crippen molar-refractivity contribution in [1.82, 2.24) is 19.5 Å². The molecule has 0 spiro atoms. The summed E-state index contributed by atoms with van der Waals surface area (Å²) in [6.45, 7) is 5.72. The quantitative estimate of drug-likeness (QED) is 0.493. The number of hydrogen-bond acceptors (Lipinski definition) is 8. The molecular formula is C22H24N6O4S2. The van der Waals surface area contributed by atoms with Crippen molar-refractivity contribution in [3.63, 3.8) is 0 Å². The lowest BCUT2D eigenvalue weighted by Gasteiger charge is -2.25. The number of rotatable bonds is 6. The van der Waals surface area contributed by atoms with Gasteiger partial charge >= 0.3 is 0 Å². The number of nitrogens with one attached hydrogen (secondary N) is 2. The topological polar surface area (TPSA) is 136 Å². The standard InChI is InChI=1S/C22H24N6O4S2/c1-4-18-14(3)25-22-28(20(18)30)11-15(12-33-22)19(29)26-16-5-7-17(8-6-16)34(31,32)27-21-23-10-9-13(2)24-21/h5-10,15H,4,11-12H2,1-3H3,(H,26,29)(H,23,24,27). The van der Waals surface area contributed by atoms with Gasteiger partial charge in [0.2, 0.25) is 11.9 Å². The van der Waals surface area contributed by atoms with E-state index in [1.807, 2.05) is 13.8 Å². The van der Waals surface area contributed by atoms with Crippen LogP contribution in [0.5, 0.6) is 0 Å². The Kier molecular flexibility index (Phi) is 6.71. The summed E-state index contributed by atoms with van der Waals surface area (Å²) >= 11 is 1.38. The zero-order valence-electron chi connectivity index (χ0n) is 18.9. The largest absolute Gasteiger partial charge is 0.326 e. The lowest BCUT2D eigenvalue weighted by Crippen LogP contribution is -2.38. The third-order valence-corrected chi connectivity index (χ3v) is 7.91. The molecule has 10 nitrogen and oxygen atoms in total. The first-order valence-electron chi connectivity index (χ1n) is 10.6. The average molecular weight is 501 g/mol. The fraction of sp³-hybridized carbons (Fsp3) is 0.318. The number of benzene rings is 1. The second kappa shape index (κ2) is 9.55. The minimum Gasteiger partial charge on any atom is -0.326 e. The Morgan fingerprint density at radius 1 is 1.18 bits per heavy atom. The van der Waals surface area contributed by atoms with E-state index in [-0.39, 0.29) is 28.9 Å². The Morgan fingerprint density at radius 3 is 2.59 bits per heavy atom. The van der Waals surface area contributed by atoms with E-state index in [0.29, 0.717) is 34.3 Å². The third kappa shape index (κ3) is 4.97. The fourth-order valence-corrected chi connectivity index (χ4v) is 5.67. The summed E-state index contributed by atoms with van der Waals surface area (Å²) in [5, 5.41) is 3.44. The Morgan fingerprint density at radius 2 is 1.91 bits per heavy atom. The second-order valence-electron chi connectivity index (χ2n) is 7.88. The van der Waals surface area contributed by atoms with E-state index in [0.717, 1.165) is 5.69 Å². The number of anilines is 2. The van der Waals surface area contributed by atoms with Crippen molar-refractivity contribution in [2.75, 3.05) is 15.8 Å². The van der Waals surface area contributed by atoms with Crippen molar-refractivity contribution >= 4 is 39.3 Å². The van der Waals surface area contributed by atoms with Gasteiger partial charge in [-0.2, -0.15) is 0 Å². The summed E-state index contributed by atoms with van der Waals surface area (Å²) in [5.41, 5.74) is 2.37. The van der Waals surface area contributed by atoms with Crippen LogP contribution in [0.1, 0.15) is 23.9 Å². The van der Waals surface area contributed by atoms with E-state index in [1.54, 1.807) is 17.6 Å². The van der Waals surface area contributed by atoms with Crippen LogP contribution >= 0.6 is 11.8 Å². The van der Waals surface area contributed by atoms with Crippen LogP contribution in [0.2, 0.25) is 0 Å². The molecule has 0 aliphatic carbocycles. The molecule has 178 valence electrons. The number of sulfonamides is 1. The molecule has 34 heavy (non-hydrogen) atoms. The van der Waals surface area contributed by atoms with Gasteiger partial charge < -0.3 is 5.32 Å². The molecule has 0 saturated carbocycles. The van der Waals surface area contributed by atoms with Gasteiger partial charge in [0.15, 0.2) is 5.16 Å². The van der Waals surface area contributed by atoms with Gasteiger partial charge in [-0.3, -0.25) is 14.2 Å². The molecule has 1 aromatic carbocycles. The molecular weight excluding hydrogens is 476 g/mol. The predicted octanol–water partition coefficient (Wildman–Crippen LogP) is 2.37. The first kappa shape index (κ1) is 23.9. The number of aromatic nitrogens is 4. The van der Waals surface area contributed by atoms with Crippen molar-refractivity contribution < 1.29 is 13.2 Å². The Hall–Kier alpha value is -3.25. The van der Waals surface area contributed by atoms with Crippen LogP contribution in [0.3, 0.4) is 0 Å². The molecule has 2 N–H and O–H groups in total. The van der Waals surface area contributed by atoms with E-state index in [1.165, 1.54) is 42.2 Å². The summed E-state index contributed by atoms with van der Waals surface area (Å²) in [5.74, 6) is -0.187. The van der Waals surface area contributed by atoms with Crippen LogP contribution in [0.25, 0.3) is 0 Å². The maximum Gasteiger partial charge on any atom is 0.264 e. The molecule has 1 aliphatic heterocycles. The molecule has 1 aliphatic rings. The highest BCUT2D eigenvalue weighted by atomic mass is 32.2. The van der Waals surface area contributed by atoms with Gasteiger partial charge in [0.05, 0.1) is 10.8 Å². The van der Waals surface area contributed by atoms with Gasteiger partial charge in [0, 0.05) is 41.1 Å². The van der Waals surface area contributed by atoms with Crippen LogP contribution in [0, 0.1) is 19.8 Å². The first-order chi connectivity index (χ1) is 16.2. The highest BCUT2D eigenvalue weighted by molar-refractivity contribution is 7.99. The molecule has 1 amide bonds. The van der Waals surface area contributed by atoms with Crippen LogP contribution < -0.4 is 15.6 Å². The lowest BCUT2D eigenvalue weighted by molar-refractivity contribution is -0.119. The van der Waals surface area contributed by atoms with Crippen LogP contribution in [-0.4, -0.2) is 39.6 Å². The third-order valence-electron chi connectivity index (χ3n) is 5.43. The van der Waals surface area contributed by atoms with Crippen LogP contribution in [0.4, 0.5) is 11.6 Å². The van der Waals surface area contributed by atoms with Crippen molar-refractivity contribution in [2.45, 2.75) is 43.8 Å². The number of hydrogen-bond donors (Lipinski definition) is 2. The van der Waals surface area contributed by atoms with Crippen molar-refractivity contribution in [3.8, 4) is 0 Å². The molecule has 3 heterocycles. The Labute approximate surface area is 201 Å². The summed E-state index contributed by atoms with van der Waals surface area (Å²) in [4.78, 5) is 38.1. The molecule has 4 rings (SSSR count). The normalized spacial score (nSPS) is 15.4. The monoisotopic (exact) mass is 500 g/mol. The highest BCUT2D eigenvalue weighted by Crippen LogP contribution is 2.27. The molecule has 3 aromatic rings. The van der Waals surface area contributed by atoms with Crippen LogP contribution in [-0.2, 0) is 27.8 Å². The van der Waals surface area contributed by atoms with Gasteiger partial charge in [-0.05, 0) is 50.6 Å². The summed E-state index contributed by atoms with van der Waals surface area (Å²) in [7, 11) is -3.88. The number of amides is 1. The maximum absolute atomic E-state index is 12.9. The minimum atomic E-state index is -3.88. The van der Waals surface area contributed by atoms with E-state index in [9.17, 15) is 18.0 Å². The second-order valence-corrected chi connectivity index (χ2v) is 10.5. The molecule has 1 atom stereocenters. The highest BCUT2D eigenvalue weighted by Gasteiger charge is 2.28. The number of thioether (sulfide) groups is 1. The molecule has 0 bridgehead atoms. The van der Waals surface area contributed by atoms with E-state index in [2.05, 4.69) is 25.0 Å². The first-order valence-corrected chi connectivity index (χ1v) is 13.1. The van der Waals surface area contributed by atoms with Crippen molar-refractivity contribution in [3.05, 3.63) is 63.8 Å². The number of carbonyl (C=O) groups excluding carboxylic acids is 1. The lowest BCUT2D eigenvalue weighted by atomic mass is 10.1. The molecule has 2 aromatic heterocycles. The average Bonchev–Trinajstić information content (AvgIpc) is 2.79. The number of aryl methyl sites for hydroxylation is 2. The number of carbonyl (C=O) groups is 1. The van der Waals surface area contributed by atoms with Gasteiger partial charge in [0.25, 0.3) is 15.6 Å². The number of fused-ring (bicyclic) bond motifs is 1. The van der Waals surface area contributed by atoms with Crippen molar-refractivity contribution in [1.29, 1.82) is 0 Å². The van der Waals surface area contributed by atoms with E-state index in [4.69, 9.17) is 0 Å². The minimum absolute atomic E-state index is 0.0119. The predicted molar refractivity (Wildman–Crippen MR) is 129 cm³/mol. The molecule has 0 saturated heterocycles. The zero-order chi connectivity index (χ0) is 24.5. The molecule has 1 unspecified atom stereocenters. The molecule has 0 fully saturated rings. The van der Waals surface area contributed by atoms with Gasteiger partial charge in [-0.25, -0.2) is 28.1 Å². The van der Waals surface area contributed by atoms with Crippen LogP contribution in [0.15, 0.2) is 51.4 Å². The molecule has 0 radical (unpaired) electrons. The summed E-state index contributed by atoms with van der Waals surface area (Å²) in [6.07, 6.45) is 2.05. The Bertz CT molecular complexity index is 1400. The fourth-order valence-electron chi connectivity index (χ4n) is 3.60. The maximum atomic E-state index is 12.9. The van der Waals surface area contributed by atoms with Gasteiger partial charge in [-0.15, -0.1) is 0 Å². The molecule has 12 heteroatoms. The smallest absolute Gasteiger partial charge is 0.264 e. The number of nitrogens with zero attached hydrogens (tertiary/aromatic N) is 4.